The van der Waals surface area contributed by atoms with Gasteiger partial charge in [0, 0.05) is 16.9 Å². The first-order chi connectivity index (χ1) is 21.2. The van der Waals surface area contributed by atoms with Crippen LogP contribution in [0.2, 0.25) is 0 Å². The molecule has 1 heterocycles. The predicted octanol–water partition coefficient (Wildman–Crippen LogP) is 8.76. The Morgan fingerprint density at radius 1 is 0.578 bits per heavy atom. The molecule has 5 aromatic rings. The number of ether oxygens (including phenoxy) is 2. The van der Waals surface area contributed by atoms with Crippen LogP contribution < -0.4 is 36.1 Å². The van der Waals surface area contributed by atoms with E-state index in [4.69, 9.17) is 25.5 Å². The van der Waals surface area contributed by atoms with Crippen molar-refractivity contribution in [2.75, 3.05) is 11.5 Å². The summed E-state index contributed by atoms with van der Waals surface area (Å²) >= 11 is 0. The molecule has 0 spiro atoms. The summed E-state index contributed by atoms with van der Waals surface area (Å²) in [5, 5.41) is -0.0570. The van der Waals surface area contributed by atoms with E-state index in [1.807, 2.05) is 0 Å². The van der Waals surface area contributed by atoms with E-state index in [-0.39, 0.29) is 39.2 Å². The van der Waals surface area contributed by atoms with Gasteiger partial charge in [0.25, 0.3) is 0 Å². The lowest BCUT2D eigenvalue weighted by molar-refractivity contribution is -0.139. The number of benzene rings is 5. The van der Waals surface area contributed by atoms with Crippen molar-refractivity contribution >= 4 is 29.4 Å². The fourth-order valence-corrected chi connectivity index (χ4v) is 7.33. The van der Waals surface area contributed by atoms with Crippen molar-refractivity contribution in [1.82, 2.24) is 0 Å². The van der Waals surface area contributed by atoms with Gasteiger partial charge in [-0.3, -0.25) is 4.57 Å². The van der Waals surface area contributed by atoms with E-state index in [1.54, 1.807) is 42.5 Å². The second kappa shape index (κ2) is 10.8. The Kier molecular flexibility index (Phi) is 7.20. The SMILES string of the molecule is Nc1ccc(Oc2ccc(Oc3ccc(N)cc3C(F)(F)F)c(P3(=O)Oc4ccccc4-c4ccccc43)c2)c(C(F)(F)F)c1. The van der Waals surface area contributed by atoms with Crippen molar-refractivity contribution in [2.45, 2.75) is 12.4 Å². The fourth-order valence-electron chi connectivity index (χ4n) is 4.93. The highest BCUT2D eigenvalue weighted by Crippen LogP contribution is 2.56. The number of alkyl halides is 6. The molecule has 0 amide bonds. The molecule has 4 N–H and O–H groups in total. The second-order valence-corrected chi connectivity index (χ2v) is 12.2. The summed E-state index contributed by atoms with van der Waals surface area (Å²) in [5.41, 5.74) is 9.64. The summed E-state index contributed by atoms with van der Waals surface area (Å²) in [4.78, 5) is 0. The quantitative estimate of drug-likeness (QED) is 0.113. The van der Waals surface area contributed by atoms with Crippen LogP contribution in [-0.4, -0.2) is 0 Å². The molecule has 1 aliphatic rings. The Balaban J connectivity index is 1.55. The number of rotatable bonds is 5. The number of fused-ring (bicyclic) bond motifs is 3. The van der Waals surface area contributed by atoms with Gasteiger partial charge in [-0.05, 0) is 72.3 Å². The third-order valence-corrected chi connectivity index (χ3v) is 9.40. The topological polar surface area (TPSA) is 96.8 Å². The average Bonchev–Trinajstić information content (AvgIpc) is 2.99. The smallest absolute Gasteiger partial charge is 0.420 e. The zero-order valence-corrected chi connectivity index (χ0v) is 23.7. The molecule has 5 aromatic carbocycles. The van der Waals surface area contributed by atoms with Crippen molar-refractivity contribution in [3.05, 3.63) is 114 Å². The highest BCUT2D eigenvalue weighted by Gasteiger charge is 2.42. The normalized spacial score (nSPS) is 15.9. The molecule has 0 radical (unpaired) electrons. The van der Waals surface area contributed by atoms with Gasteiger partial charge in [0.1, 0.15) is 39.9 Å². The molecule has 0 aromatic heterocycles. The summed E-state index contributed by atoms with van der Waals surface area (Å²) < 4.78 is 116. The first-order valence-corrected chi connectivity index (χ1v) is 14.8. The van der Waals surface area contributed by atoms with Gasteiger partial charge in [-0.25, -0.2) is 0 Å². The lowest BCUT2D eigenvalue weighted by atomic mass is 10.0. The molecular formula is C32H21F6N2O4P. The highest BCUT2D eigenvalue weighted by atomic mass is 31.2. The van der Waals surface area contributed by atoms with Gasteiger partial charge < -0.3 is 25.5 Å². The maximum absolute atomic E-state index is 15.0. The van der Waals surface area contributed by atoms with Crippen LogP contribution in [0.5, 0.6) is 28.7 Å². The molecule has 0 saturated heterocycles. The van der Waals surface area contributed by atoms with E-state index in [2.05, 4.69) is 0 Å². The summed E-state index contributed by atoms with van der Waals surface area (Å²) in [6.07, 6.45) is -9.70. The number of nitrogen functional groups attached to an aromatic ring is 2. The second-order valence-electron chi connectivity index (χ2n) is 10.00. The molecule has 230 valence electrons. The van der Waals surface area contributed by atoms with E-state index in [0.717, 1.165) is 24.3 Å². The third-order valence-electron chi connectivity index (χ3n) is 6.94. The molecule has 0 saturated carbocycles. The summed E-state index contributed by atoms with van der Waals surface area (Å²) in [5.74, 6) is -1.58. The largest absolute Gasteiger partial charge is 0.457 e. The Morgan fingerprint density at radius 3 is 1.73 bits per heavy atom. The van der Waals surface area contributed by atoms with Crippen LogP contribution in [0.25, 0.3) is 11.1 Å². The number of hydrogen-bond acceptors (Lipinski definition) is 6. The summed E-state index contributed by atoms with van der Waals surface area (Å²) in [6, 6.07) is 22.6. The highest BCUT2D eigenvalue weighted by molar-refractivity contribution is 7.75. The molecule has 0 fully saturated rings. The van der Waals surface area contributed by atoms with E-state index < -0.39 is 42.3 Å². The zero-order valence-electron chi connectivity index (χ0n) is 22.8. The average molecular weight is 642 g/mol. The van der Waals surface area contributed by atoms with Crippen LogP contribution in [-0.2, 0) is 16.9 Å². The minimum absolute atomic E-state index is 0.154. The van der Waals surface area contributed by atoms with Crippen LogP contribution >= 0.6 is 7.37 Å². The minimum Gasteiger partial charge on any atom is -0.457 e. The summed E-state index contributed by atoms with van der Waals surface area (Å²) in [7, 11) is -4.27. The standard InChI is InChI=1S/C32H21F6N2O4P/c33-31(34,35)23-15-18(39)9-12-26(23)42-20-11-14-28(43-27-13-10-19(40)16-24(27)32(36,37)38)30(17-20)45(41)29-8-4-2-6-22(29)21-5-1-3-7-25(21)44-45/h1-17H,39-40H2. The van der Waals surface area contributed by atoms with E-state index >= 15 is 4.57 Å². The lowest BCUT2D eigenvalue weighted by Gasteiger charge is -2.30. The van der Waals surface area contributed by atoms with E-state index in [9.17, 15) is 26.3 Å². The first kappa shape index (κ1) is 30.0. The zero-order chi connectivity index (χ0) is 32.1. The molecule has 0 aliphatic carbocycles. The number of anilines is 2. The van der Waals surface area contributed by atoms with Crippen LogP contribution in [0.15, 0.2) is 103 Å². The van der Waals surface area contributed by atoms with Crippen molar-refractivity contribution in [3.63, 3.8) is 0 Å². The Morgan fingerprint density at radius 2 is 1.11 bits per heavy atom. The van der Waals surface area contributed by atoms with E-state index in [0.29, 0.717) is 23.3 Å². The minimum atomic E-state index is -4.87. The van der Waals surface area contributed by atoms with Crippen LogP contribution in [0.3, 0.4) is 0 Å². The molecule has 45 heavy (non-hydrogen) atoms. The molecule has 1 atom stereocenters. The third kappa shape index (κ3) is 5.64. The maximum Gasteiger partial charge on any atom is 0.420 e. The molecule has 6 nitrogen and oxygen atoms in total. The van der Waals surface area contributed by atoms with Gasteiger partial charge in [0.15, 0.2) is 0 Å². The lowest BCUT2D eigenvalue weighted by Crippen LogP contribution is -2.26. The van der Waals surface area contributed by atoms with Crippen LogP contribution in [0.1, 0.15) is 11.1 Å². The Bertz CT molecular complexity index is 1990. The Hall–Kier alpha value is -5.09. The number of nitrogens with two attached hydrogens (primary N) is 2. The van der Waals surface area contributed by atoms with Crippen LogP contribution in [0, 0.1) is 0 Å². The maximum atomic E-state index is 15.0. The van der Waals surface area contributed by atoms with Crippen molar-refractivity contribution < 1.29 is 44.9 Å². The molecule has 13 heteroatoms. The fraction of sp³-hybridized carbons (Fsp3) is 0.0625. The predicted molar refractivity (Wildman–Crippen MR) is 158 cm³/mol. The van der Waals surface area contributed by atoms with Crippen molar-refractivity contribution in [2.24, 2.45) is 0 Å². The van der Waals surface area contributed by atoms with Gasteiger partial charge in [-0.2, -0.15) is 26.3 Å². The number of hydrogen-bond donors (Lipinski definition) is 2. The summed E-state index contributed by atoms with van der Waals surface area (Å²) in [6.45, 7) is 0. The Labute approximate surface area is 252 Å². The van der Waals surface area contributed by atoms with Gasteiger partial charge in [0.05, 0.1) is 10.6 Å². The molecule has 0 bridgehead atoms. The number of halogens is 6. The van der Waals surface area contributed by atoms with Crippen molar-refractivity contribution in [1.29, 1.82) is 0 Å². The number of para-hydroxylation sites is 1. The monoisotopic (exact) mass is 642 g/mol. The molecule has 1 aliphatic heterocycles. The first-order valence-electron chi connectivity index (χ1n) is 13.2. The van der Waals surface area contributed by atoms with Gasteiger partial charge >= 0.3 is 19.7 Å². The van der Waals surface area contributed by atoms with Crippen molar-refractivity contribution in [3.8, 4) is 39.9 Å². The molecule has 1 unspecified atom stereocenters. The van der Waals surface area contributed by atoms with E-state index in [1.165, 1.54) is 24.3 Å². The molecular weight excluding hydrogens is 621 g/mol. The van der Waals surface area contributed by atoms with Crippen LogP contribution in [0.4, 0.5) is 37.7 Å². The molecule has 6 rings (SSSR count). The van der Waals surface area contributed by atoms with Gasteiger partial charge in [-0.15, -0.1) is 0 Å². The van der Waals surface area contributed by atoms with Gasteiger partial charge in [0.2, 0.25) is 0 Å². The van der Waals surface area contributed by atoms with Gasteiger partial charge in [-0.1, -0.05) is 36.4 Å².